The Kier molecular flexibility index (Phi) is 18.1. The largest absolute Gasteiger partial charge is 0.310 e. The lowest BCUT2D eigenvalue weighted by Crippen LogP contribution is -2.61. The Morgan fingerprint density at radius 2 is 0.543 bits per heavy atom. The van der Waals surface area contributed by atoms with Crippen molar-refractivity contribution in [2.24, 2.45) is 0 Å². The van der Waals surface area contributed by atoms with E-state index in [2.05, 4.69) is 437 Å². The van der Waals surface area contributed by atoms with Crippen LogP contribution >= 0.6 is 0 Å². The summed E-state index contributed by atoms with van der Waals surface area (Å²) in [5.74, 6) is 0. The van der Waals surface area contributed by atoms with Gasteiger partial charge in [0.15, 0.2) is 0 Å². The first-order valence-corrected chi connectivity index (χ1v) is 42.0. The van der Waals surface area contributed by atoms with E-state index in [0.717, 1.165) is 115 Å². The Bertz CT molecular complexity index is 6000. The monoisotopic (exact) mass is 1500 g/mol. The van der Waals surface area contributed by atoms with Crippen LogP contribution in [0.15, 0.2) is 328 Å². The molecule has 0 bridgehead atoms. The smallest absolute Gasteiger partial charge is 0.252 e. The highest BCUT2D eigenvalue weighted by molar-refractivity contribution is 7.00. The molecule has 0 aliphatic carbocycles. The Labute approximate surface area is 686 Å². The summed E-state index contributed by atoms with van der Waals surface area (Å²) in [5, 5.41) is 5.06. The number of anilines is 6. The third-order valence-electron chi connectivity index (χ3n) is 24.9. The van der Waals surface area contributed by atoms with Gasteiger partial charge in [-0.3, -0.25) is 0 Å². The Morgan fingerprint density at radius 1 is 0.259 bits per heavy atom. The van der Waals surface area contributed by atoms with Crippen molar-refractivity contribution in [1.82, 2.24) is 9.13 Å². The van der Waals surface area contributed by atoms with Gasteiger partial charge in [0, 0.05) is 77.9 Å². The third kappa shape index (κ3) is 12.9. The first-order valence-electron chi connectivity index (χ1n) is 42.0. The molecule has 19 rings (SSSR count). The van der Waals surface area contributed by atoms with Gasteiger partial charge in [-0.05, 0) is 232 Å². The van der Waals surface area contributed by atoms with Crippen molar-refractivity contribution in [2.45, 2.75) is 137 Å². The lowest BCUT2D eigenvalue weighted by atomic mass is 9.33. The summed E-state index contributed by atoms with van der Waals surface area (Å²) in [6.07, 6.45) is 4.13. The van der Waals surface area contributed by atoms with Crippen LogP contribution in [0.3, 0.4) is 0 Å². The summed E-state index contributed by atoms with van der Waals surface area (Å²) in [6, 6.07) is 127. The highest BCUT2D eigenvalue weighted by Crippen LogP contribution is 2.56. The average Bonchev–Trinajstić information content (AvgIpc) is 0.755. The van der Waals surface area contributed by atoms with Crippen molar-refractivity contribution in [1.29, 1.82) is 0 Å². The van der Waals surface area contributed by atoms with Gasteiger partial charge in [-0.15, -0.1) is 0 Å². The molecule has 0 radical (unpaired) electrons. The molecule has 0 atom stereocenters. The SMILES string of the molecule is CCCCCc1cc2c3c(c1)N(c1c(-c4ccccc4)cc(-c4ccccc4)cc1-c1ccccc1)c1cc(-n4c5ccc(C(C)(C)C)cc5c5cc(C(C)(C)C)ccc54)ccc1B3c1ccc(-n3c4ccc(C(C)(C)C)cc4c4cc(C(C)(C)C)ccc43)cc1N2c1c(-c2ccccc2)cc(-c2ccccc2)cc1-c1ccccc1. The topological polar surface area (TPSA) is 16.3 Å². The Hall–Kier alpha value is -12.4. The minimum atomic E-state index is -0.262. The lowest BCUT2D eigenvalue weighted by Gasteiger charge is -2.46. The quantitative estimate of drug-likeness (QED) is 0.0797. The van der Waals surface area contributed by atoms with Crippen molar-refractivity contribution in [3.63, 3.8) is 0 Å². The lowest BCUT2D eigenvalue weighted by molar-refractivity contribution is 0.590. The second-order valence-corrected chi connectivity index (χ2v) is 36.7. The molecule has 17 aromatic rings. The van der Waals surface area contributed by atoms with E-state index < -0.39 is 0 Å². The summed E-state index contributed by atoms with van der Waals surface area (Å²) in [7, 11) is 0. The van der Waals surface area contributed by atoms with Gasteiger partial charge >= 0.3 is 0 Å². The molecule has 0 unspecified atom stereocenters. The van der Waals surface area contributed by atoms with Gasteiger partial charge < -0.3 is 18.9 Å². The molecular formula is C111H101BN4. The van der Waals surface area contributed by atoms with Crippen molar-refractivity contribution in [3.05, 3.63) is 355 Å². The van der Waals surface area contributed by atoms with Crippen molar-refractivity contribution in [2.75, 3.05) is 9.80 Å². The molecule has 116 heavy (non-hydrogen) atoms. The minimum Gasteiger partial charge on any atom is -0.310 e. The van der Waals surface area contributed by atoms with Gasteiger partial charge in [-0.1, -0.05) is 321 Å². The number of rotatable bonds is 14. The fourth-order valence-corrected chi connectivity index (χ4v) is 18.7. The summed E-state index contributed by atoms with van der Waals surface area (Å²) in [5.41, 5.74) is 37.7. The predicted octanol–water partition coefficient (Wildman–Crippen LogP) is 28.9. The number of hydrogen-bond acceptors (Lipinski definition) is 2. The average molecular weight is 1500 g/mol. The summed E-state index contributed by atoms with van der Waals surface area (Å²) < 4.78 is 5.16. The minimum absolute atomic E-state index is 0.0680. The number of benzene rings is 15. The number of nitrogens with zero attached hydrogens (tertiary/aromatic N) is 4. The standard InChI is InChI=1S/C111H101BN4/c1-14-15-22-35-72-60-103-105-104(61-72)116(107-89(77-44-31-20-32-45-77)64-80(74-38-25-17-26-39-74)65-90(107)78-46-33-21-34-47-78)102-71-86(114-99-58-50-83(110(8,9)10)68-93(99)94-69-84(111(11,12)13)51-59-100(94)114)53-55-96(102)112(105)95-54-52-85(113-97-56-48-81(108(2,3)4)66-91(97)92-67-82(109(5,6)7)49-57-98(92)113)70-101(95)115(103)106-87(75-40-27-18-28-41-75)62-79(73-36-23-16-24-37-73)63-88(106)76-42-29-19-30-43-76/h16-21,23-34,36-71H,14-15,22,35H2,1-13H3. The van der Waals surface area contributed by atoms with E-state index >= 15 is 0 Å². The third-order valence-corrected chi connectivity index (χ3v) is 24.9. The zero-order valence-electron chi connectivity index (χ0n) is 69.4. The molecule has 4 nitrogen and oxygen atoms in total. The molecule has 0 fully saturated rings. The fourth-order valence-electron chi connectivity index (χ4n) is 18.7. The molecule has 0 spiro atoms. The molecule has 0 N–H and O–H groups in total. The second-order valence-electron chi connectivity index (χ2n) is 36.7. The Morgan fingerprint density at radius 3 is 0.819 bits per heavy atom. The van der Waals surface area contributed by atoms with Crippen LogP contribution in [-0.4, -0.2) is 15.8 Å². The van der Waals surface area contributed by atoms with Crippen LogP contribution in [0, 0.1) is 0 Å². The van der Waals surface area contributed by atoms with E-state index in [-0.39, 0.29) is 28.4 Å². The van der Waals surface area contributed by atoms with Crippen molar-refractivity contribution < 1.29 is 0 Å². The first kappa shape index (κ1) is 73.7. The number of fused-ring (bicyclic) bond motifs is 10. The molecule has 2 aromatic heterocycles. The highest BCUT2D eigenvalue weighted by Gasteiger charge is 2.46. The normalized spacial score (nSPS) is 13.0. The van der Waals surface area contributed by atoms with Crippen molar-refractivity contribution in [3.8, 4) is 78.1 Å². The molecule has 15 aromatic carbocycles. The van der Waals surface area contributed by atoms with E-state index in [9.17, 15) is 0 Å². The van der Waals surface area contributed by atoms with Crippen LogP contribution in [0.2, 0.25) is 0 Å². The van der Waals surface area contributed by atoms with Gasteiger partial charge in [0.05, 0.1) is 33.4 Å². The van der Waals surface area contributed by atoms with Crippen LogP contribution in [0.4, 0.5) is 34.1 Å². The van der Waals surface area contributed by atoms with E-state index in [4.69, 9.17) is 0 Å². The fraction of sp³-hybridized carbons (Fsp3) is 0.189. The van der Waals surface area contributed by atoms with Crippen LogP contribution in [0.25, 0.3) is 122 Å². The van der Waals surface area contributed by atoms with Gasteiger partial charge in [-0.25, -0.2) is 0 Å². The predicted molar refractivity (Wildman–Crippen MR) is 500 cm³/mol. The number of aromatic nitrogens is 2. The molecule has 2 aliphatic rings. The maximum absolute atomic E-state index is 2.77. The molecule has 0 saturated carbocycles. The maximum Gasteiger partial charge on any atom is 0.252 e. The van der Waals surface area contributed by atoms with Gasteiger partial charge in [0.25, 0.3) is 6.71 Å². The number of hydrogen-bond donors (Lipinski definition) is 0. The molecule has 0 saturated heterocycles. The molecule has 2 aliphatic heterocycles. The zero-order chi connectivity index (χ0) is 79.7. The molecule has 5 heteroatoms. The first-order chi connectivity index (χ1) is 56.0. The Balaban J connectivity index is 0.993. The van der Waals surface area contributed by atoms with Gasteiger partial charge in [-0.2, -0.15) is 0 Å². The molecule has 0 amide bonds. The molecular weight excluding hydrogens is 1400 g/mol. The summed E-state index contributed by atoms with van der Waals surface area (Å²) in [4.78, 5) is 5.53. The summed E-state index contributed by atoms with van der Waals surface area (Å²) >= 11 is 0. The van der Waals surface area contributed by atoms with Crippen LogP contribution < -0.4 is 26.2 Å². The summed E-state index contributed by atoms with van der Waals surface area (Å²) in [6.45, 7) is 30.2. The highest BCUT2D eigenvalue weighted by atomic mass is 15.2. The van der Waals surface area contributed by atoms with Gasteiger partial charge in [0.2, 0.25) is 0 Å². The van der Waals surface area contributed by atoms with Crippen LogP contribution in [0.5, 0.6) is 0 Å². The van der Waals surface area contributed by atoms with Gasteiger partial charge in [0.1, 0.15) is 0 Å². The van der Waals surface area contributed by atoms with E-state index in [0.29, 0.717) is 0 Å². The molecule has 4 heterocycles. The van der Waals surface area contributed by atoms with Crippen LogP contribution in [0.1, 0.15) is 137 Å². The zero-order valence-corrected chi connectivity index (χ0v) is 69.4. The van der Waals surface area contributed by atoms with E-state index in [1.165, 1.54) is 110 Å². The van der Waals surface area contributed by atoms with Crippen LogP contribution in [-0.2, 0) is 28.1 Å². The number of unbranched alkanes of at least 4 members (excludes halogenated alkanes) is 2. The van der Waals surface area contributed by atoms with Crippen molar-refractivity contribution >= 4 is 101 Å². The molecule has 568 valence electrons. The maximum atomic E-state index is 2.77. The van der Waals surface area contributed by atoms with E-state index in [1.54, 1.807) is 0 Å². The van der Waals surface area contributed by atoms with E-state index in [1.807, 2.05) is 0 Å². The second kappa shape index (κ2) is 28.5. The number of aryl methyl sites for hydroxylation is 1.